The van der Waals surface area contributed by atoms with E-state index in [0.717, 1.165) is 18.3 Å². The normalized spacial score (nSPS) is 15.2. The molecule has 0 atom stereocenters. The number of nitrogens with one attached hydrogen (secondary N) is 2. The molecule has 0 spiro atoms. The van der Waals surface area contributed by atoms with Gasteiger partial charge in [-0.1, -0.05) is 6.07 Å². The second-order valence-electron chi connectivity index (χ2n) is 3.84. The summed E-state index contributed by atoms with van der Waals surface area (Å²) >= 11 is 0. The maximum Gasteiger partial charge on any atom is 0.256 e. The van der Waals surface area contributed by atoms with E-state index in [2.05, 4.69) is 15.8 Å². The smallest absolute Gasteiger partial charge is 0.256 e. The average molecular weight is 267 g/mol. The molecule has 0 fully saturated rings. The Morgan fingerprint density at radius 1 is 1.42 bits per heavy atom. The Bertz CT molecular complexity index is 550. The van der Waals surface area contributed by atoms with Gasteiger partial charge < -0.3 is 15.8 Å². The maximum absolute atomic E-state index is 13.3. The lowest BCUT2D eigenvalue weighted by atomic mass is 10.2. The maximum atomic E-state index is 13.3. The third-order valence-electron chi connectivity index (χ3n) is 2.57. The summed E-state index contributed by atoms with van der Waals surface area (Å²) in [5, 5.41) is 15.4. The molecular formula is C12H11F2N3O2. The highest BCUT2D eigenvalue weighted by molar-refractivity contribution is 6.14. The van der Waals surface area contributed by atoms with E-state index >= 15 is 0 Å². The van der Waals surface area contributed by atoms with Gasteiger partial charge in [-0.15, -0.1) is 0 Å². The molecule has 1 amide bonds. The van der Waals surface area contributed by atoms with Crippen molar-refractivity contribution in [1.29, 1.82) is 0 Å². The van der Waals surface area contributed by atoms with Gasteiger partial charge in [-0.25, -0.2) is 8.78 Å². The number of amides is 1. The third-order valence-corrected chi connectivity index (χ3v) is 2.57. The number of halogens is 2. The summed E-state index contributed by atoms with van der Waals surface area (Å²) in [4.78, 5) is 11.2. The van der Waals surface area contributed by atoms with Crippen molar-refractivity contribution < 1.29 is 18.7 Å². The van der Waals surface area contributed by atoms with Crippen LogP contribution in [0.4, 0.5) is 8.78 Å². The van der Waals surface area contributed by atoms with Crippen molar-refractivity contribution >= 4 is 12.1 Å². The van der Waals surface area contributed by atoms with Crippen LogP contribution in [0.15, 0.2) is 34.6 Å². The van der Waals surface area contributed by atoms with Gasteiger partial charge >= 0.3 is 0 Å². The van der Waals surface area contributed by atoms with E-state index in [-0.39, 0.29) is 30.0 Å². The van der Waals surface area contributed by atoms with Gasteiger partial charge in [0.1, 0.15) is 17.4 Å². The van der Waals surface area contributed by atoms with Crippen LogP contribution < -0.4 is 10.7 Å². The standard InChI is InChI=1S/C12H11F2N3O2/c13-9-2-1-3-10(14)7(9)4-16-17-5-8-11(18)6-15-12(8)19/h1-3,5,16,18H,4,6H2,(H,15,19)/b17-5+. The quantitative estimate of drug-likeness (QED) is 0.562. The van der Waals surface area contributed by atoms with Gasteiger partial charge in [0.05, 0.1) is 24.9 Å². The minimum atomic E-state index is -0.677. The predicted octanol–water partition coefficient (Wildman–Crippen LogP) is 0.982. The number of carbonyl (C=O) groups is 1. The monoisotopic (exact) mass is 267 g/mol. The fourth-order valence-electron chi connectivity index (χ4n) is 1.55. The molecule has 100 valence electrons. The Kier molecular flexibility index (Phi) is 3.74. The Balaban J connectivity index is 1.97. The van der Waals surface area contributed by atoms with Gasteiger partial charge in [-0.05, 0) is 12.1 Å². The number of hydrogen-bond acceptors (Lipinski definition) is 4. The molecule has 1 aromatic carbocycles. The third kappa shape index (κ3) is 2.87. The Hall–Kier alpha value is -2.44. The molecule has 0 unspecified atom stereocenters. The molecule has 3 N–H and O–H groups in total. The van der Waals surface area contributed by atoms with Crippen LogP contribution in [0.2, 0.25) is 0 Å². The Morgan fingerprint density at radius 2 is 2.11 bits per heavy atom. The molecule has 1 heterocycles. The largest absolute Gasteiger partial charge is 0.510 e. The topological polar surface area (TPSA) is 73.7 Å². The van der Waals surface area contributed by atoms with Crippen molar-refractivity contribution in [2.75, 3.05) is 6.54 Å². The number of benzene rings is 1. The van der Waals surface area contributed by atoms with Crippen LogP contribution in [0.5, 0.6) is 0 Å². The lowest BCUT2D eigenvalue weighted by molar-refractivity contribution is -0.116. The van der Waals surface area contributed by atoms with E-state index in [1.165, 1.54) is 6.07 Å². The zero-order valence-electron chi connectivity index (χ0n) is 9.78. The SMILES string of the molecule is O=C1NCC(O)=C1/C=N/NCc1c(F)cccc1F. The first-order chi connectivity index (χ1) is 9.09. The lowest BCUT2D eigenvalue weighted by Crippen LogP contribution is -2.18. The Morgan fingerprint density at radius 3 is 2.68 bits per heavy atom. The molecule has 19 heavy (non-hydrogen) atoms. The zero-order chi connectivity index (χ0) is 13.8. The Labute approximate surface area is 107 Å². The summed E-state index contributed by atoms with van der Waals surface area (Å²) in [5.74, 6) is -1.92. The number of carbonyl (C=O) groups excluding carboxylic acids is 1. The van der Waals surface area contributed by atoms with Crippen molar-refractivity contribution in [3.05, 3.63) is 46.7 Å². The first-order valence-electron chi connectivity index (χ1n) is 5.48. The van der Waals surface area contributed by atoms with Gasteiger partial charge in [0.2, 0.25) is 0 Å². The van der Waals surface area contributed by atoms with Gasteiger partial charge in [0, 0.05) is 5.56 Å². The van der Waals surface area contributed by atoms with Gasteiger partial charge in [-0.3, -0.25) is 4.79 Å². The fourth-order valence-corrected chi connectivity index (χ4v) is 1.55. The molecule has 0 radical (unpaired) electrons. The molecule has 0 aromatic heterocycles. The van der Waals surface area contributed by atoms with E-state index in [1.807, 2.05) is 0 Å². The highest BCUT2D eigenvalue weighted by atomic mass is 19.1. The molecule has 5 nitrogen and oxygen atoms in total. The molecule has 7 heteroatoms. The number of hydrogen-bond donors (Lipinski definition) is 3. The van der Waals surface area contributed by atoms with Crippen molar-refractivity contribution in [1.82, 2.24) is 10.7 Å². The molecule has 0 saturated heterocycles. The van der Waals surface area contributed by atoms with Crippen molar-refractivity contribution in [3.63, 3.8) is 0 Å². The van der Waals surface area contributed by atoms with Gasteiger partial charge in [-0.2, -0.15) is 5.10 Å². The second kappa shape index (κ2) is 5.47. The van der Waals surface area contributed by atoms with Crippen LogP contribution in [0.25, 0.3) is 0 Å². The minimum absolute atomic E-state index is 0.0292. The van der Waals surface area contributed by atoms with Crippen LogP contribution >= 0.6 is 0 Å². The summed E-state index contributed by atoms with van der Waals surface area (Å²) in [6, 6.07) is 3.55. The fraction of sp³-hybridized carbons (Fsp3) is 0.167. The van der Waals surface area contributed by atoms with Crippen molar-refractivity contribution in [2.24, 2.45) is 5.10 Å². The first-order valence-corrected chi connectivity index (χ1v) is 5.48. The average Bonchev–Trinajstić information content (AvgIpc) is 2.68. The highest BCUT2D eigenvalue weighted by Gasteiger charge is 2.20. The van der Waals surface area contributed by atoms with Gasteiger partial charge in [0.25, 0.3) is 5.91 Å². The first kappa shape index (κ1) is 13.0. The molecule has 1 aromatic rings. The summed E-state index contributed by atoms with van der Waals surface area (Å²) in [6.45, 7) is -0.104. The van der Waals surface area contributed by atoms with E-state index in [0.29, 0.717) is 0 Å². The predicted molar refractivity (Wildman–Crippen MR) is 64.4 cm³/mol. The molecule has 0 bridgehead atoms. The van der Waals surface area contributed by atoms with Crippen LogP contribution in [0.3, 0.4) is 0 Å². The summed E-state index contributed by atoms with van der Waals surface area (Å²) in [7, 11) is 0. The van der Waals surface area contributed by atoms with Crippen molar-refractivity contribution in [2.45, 2.75) is 6.54 Å². The van der Waals surface area contributed by atoms with Crippen LogP contribution in [-0.2, 0) is 11.3 Å². The summed E-state index contributed by atoms with van der Waals surface area (Å²) < 4.78 is 26.5. The highest BCUT2D eigenvalue weighted by Crippen LogP contribution is 2.11. The van der Waals surface area contributed by atoms with E-state index in [4.69, 9.17) is 0 Å². The van der Waals surface area contributed by atoms with Crippen LogP contribution in [-0.4, -0.2) is 23.8 Å². The van der Waals surface area contributed by atoms with E-state index < -0.39 is 17.5 Å². The molecule has 1 aliphatic rings. The number of hydrazone groups is 1. The number of aliphatic hydroxyl groups excluding tert-OH is 1. The number of nitrogens with zero attached hydrogens (tertiary/aromatic N) is 1. The summed E-state index contributed by atoms with van der Waals surface area (Å²) in [6.07, 6.45) is 1.11. The van der Waals surface area contributed by atoms with Crippen LogP contribution in [0.1, 0.15) is 5.56 Å². The van der Waals surface area contributed by atoms with Gasteiger partial charge in [0.15, 0.2) is 0 Å². The van der Waals surface area contributed by atoms with E-state index in [1.54, 1.807) is 0 Å². The number of aliphatic hydroxyl groups is 1. The zero-order valence-corrected chi connectivity index (χ0v) is 9.78. The summed E-state index contributed by atoms with van der Waals surface area (Å²) in [5.41, 5.74) is 2.30. The molecule has 0 aliphatic carbocycles. The molecular weight excluding hydrogens is 256 g/mol. The minimum Gasteiger partial charge on any atom is -0.510 e. The molecule has 2 rings (SSSR count). The second-order valence-corrected chi connectivity index (χ2v) is 3.84. The lowest BCUT2D eigenvalue weighted by Gasteiger charge is -2.03. The molecule has 1 aliphatic heterocycles. The van der Waals surface area contributed by atoms with E-state index in [9.17, 15) is 18.7 Å². The molecule has 0 saturated carbocycles. The van der Waals surface area contributed by atoms with Crippen molar-refractivity contribution in [3.8, 4) is 0 Å². The number of rotatable bonds is 4. The van der Waals surface area contributed by atoms with Crippen LogP contribution in [0, 0.1) is 11.6 Å².